The predicted octanol–water partition coefficient (Wildman–Crippen LogP) is 2.53. The molecule has 0 aromatic heterocycles. The zero-order valence-electron chi connectivity index (χ0n) is 9.26. The normalized spacial score (nSPS) is 19.3. The summed E-state index contributed by atoms with van der Waals surface area (Å²) in [5.74, 6) is -3.78. The molecule has 0 amide bonds. The van der Waals surface area contributed by atoms with Crippen LogP contribution in [0, 0.1) is 23.4 Å². The smallest absolute Gasteiger partial charge is 0.194 e. The summed E-state index contributed by atoms with van der Waals surface area (Å²) in [6, 6.07) is 1.51. The standard InChI is InChI=1S/C12H14F3NO/c13-9-2-1-8(10(14)11(9)15)12(16)7-3-5-17-6-4-7/h1-2,7,12H,3-6,16H2/t12-/m1/s1. The van der Waals surface area contributed by atoms with Crippen molar-refractivity contribution in [2.75, 3.05) is 13.2 Å². The van der Waals surface area contributed by atoms with Crippen molar-refractivity contribution in [2.45, 2.75) is 18.9 Å². The van der Waals surface area contributed by atoms with Gasteiger partial charge < -0.3 is 10.5 Å². The predicted molar refractivity (Wildman–Crippen MR) is 56.8 cm³/mol. The molecule has 0 bridgehead atoms. The van der Waals surface area contributed by atoms with Crippen LogP contribution in [0.1, 0.15) is 24.4 Å². The summed E-state index contributed by atoms with van der Waals surface area (Å²) in [5.41, 5.74) is 5.94. The minimum Gasteiger partial charge on any atom is -0.381 e. The van der Waals surface area contributed by atoms with Crippen molar-refractivity contribution in [1.29, 1.82) is 0 Å². The van der Waals surface area contributed by atoms with Crippen LogP contribution in [0.3, 0.4) is 0 Å². The summed E-state index contributed by atoms with van der Waals surface area (Å²) in [4.78, 5) is 0. The Kier molecular flexibility index (Phi) is 3.69. The number of ether oxygens (including phenoxy) is 1. The minimum atomic E-state index is -1.45. The fourth-order valence-corrected chi connectivity index (χ4v) is 2.13. The van der Waals surface area contributed by atoms with Crippen LogP contribution in [0.15, 0.2) is 12.1 Å². The first-order valence-corrected chi connectivity index (χ1v) is 5.58. The Labute approximate surface area is 97.6 Å². The first kappa shape index (κ1) is 12.4. The number of rotatable bonds is 2. The van der Waals surface area contributed by atoms with Crippen molar-refractivity contribution in [2.24, 2.45) is 11.7 Å². The zero-order valence-corrected chi connectivity index (χ0v) is 9.26. The van der Waals surface area contributed by atoms with Gasteiger partial charge in [0.1, 0.15) is 0 Å². The lowest BCUT2D eigenvalue weighted by atomic mass is 9.87. The molecule has 2 nitrogen and oxygen atoms in total. The summed E-state index contributed by atoms with van der Waals surface area (Å²) in [6.07, 6.45) is 1.42. The zero-order chi connectivity index (χ0) is 12.4. The van der Waals surface area contributed by atoms with Crippen LogP contribution < -0.4 is 5.73 Å². The van der Waals surface area contributed by atoms with Gasteiger partial charge in [-0.05, 0) is 24.8 Å². The van der Waals surface area contributed by atoms with Crippen LogP contribution in [0.25, 0.3) is 0 Å². The van der Waals surface area contributed by atoms with Crippen molar-refractivity contribution in [1.82, 2.24) is 0 Å². The van der Waals surface area contributed by atoms with Gasteiger partial charge in [0.2, 0.25) is 0 Å². The third-order valence-corrected chi connectivity index (χ3v) is 3.20. The Bertz CT molecular complexity index is 405. The van der Waals surface area contributed by atoms with E-state index in [1.165, 1.54) is 6.07 Å². The Morgan fingerprint density at radius 3 is 2.41 bits per heavy atom. The van der Waals surface area contributed by atoms with Crippen LogP contribution in [-0.2, 0) is 4.74 Å². The van der Waals surface area contributed by atoms with E-state index in [1.807, 2.05) is 0 Å². The fourth-order valence-electron chi connectivity index (χ4n) is 2.13. The van der Waals surface area contributed by atoms with Gasteiger partial charge in [0, 0.05) is 24.8 Å². The van der Waals surface area contributed by atoms with Crippen LogP contribution >= 0.6 is 0 Å². The maximum Gasteiger partial charge on any atom is 0.194 e. The van der Waals surface area contributed by atoms with E-state index in [-0.39, 0.29) is 11.5 Å². The Morgan fingerprint density at radius 2 is 1.76 bits per heavy atom. The third kappa shape index (κ3) is 2.45. The van der Waals surface area contributed by atoms with E-state index in [0.29, 0.717) is 26.1 Å². The van der Waals surface area contributed by atoms with Gasteiger partial charge in [-0.2, -0.15) is 0 Å². The SMILES string of the molecule is N[C@@H](c1ccc(F)c(F)c1F)C1CCOCC1. The van der Waals surface area contributed by atoms with Crippen molar-refractivity contribution in [3.63, 3.8) is 0 Å². The van der Waals surface area contributed by atoms with E-state index in [4.69, 9.17) is 10.5 Å². The lowest BCUT2D eigenvalue weighted by molar-refractivity contribution is 0.0579. The van der Waals surface area contributed by atoms with Gasteiger partial charge in [0.15, 0.2) is 17.5 Å². The number of nitrogens with two attached hydrogens (primary N) is 1. The summed E-state index contributed by atoms with van der Waals surface area (Å²) >= 11 is 0. The van der Waals surface area contributed by atoms with E-state index in [2.05, 4.69) is 0 Å². The second kappa shape index (κ2) is 5.06. The molecule has 17 heavy (non-hydrogen) atoms. The maximum absolute atomic E-state index is 13.5. The highest BCUT2D eigenvalue weighted by molar-refractivity contribution is 5.24. The summed E-state index contributed by atoms with van der Waals surface area (Å²) in [5, 5.41) is 0. The van der Waals surface area contributed by atoms with E-state index in [0.717, 1.165) is 6.07 Å². The average molecular weight is 245 g/mol. The molecule has 1 aromatic carbocycles. The molecule has 1 aromatic rings. The molecule has 0 saturated carbocycles. The lowest BCUT2D eigenvalue weighted by Crippen LogP contribution is -2.28. The fraction of sp³-hybridized carbons (Fsp3) is 0.500. The first-order valence-electron chi connectivity index (χ1n) is 5.58. The molecule has 5 heteroatoms. The van der Waals surface area contributed by atoms with Gasteiger partial charge in [0.25, 0.3) is 0 Å². The second-order valence-electron chi connectivity index (χ2n) is 4.24. The topological polar surface area (TPSA) is 35.2 Å². The van der Waals surface area contributed by atoms with Gasteiger partial charge in [-0.3, -0.25) is 0 Å². The molecule has 94 valence electrons. The average Bonchev–Trinajstić information content (AvgIpc) is 2.36. The molecule has 0 aliphatic carbocycles. The molecule has 1 aliphatic heterocycles. The molecule has 1 aliphatic rings. The monoisotopic (exact) mass is 245 g/mol. The van der Waals surface area contributed by atoms with Crippen LogP contribution in [0.4, 0.5) is 13.2 Å². The molecule has 0 radical (unpaired) electrons. The Hall–Kier alpha value is -1.07. The number of hydrogen-bond acceptors (Lipinski definition) is 2. The van der Waals surface area contributed by atoms with Gasteiger partial charge >= 0.3 is 0 Å². The Balaban J connectivity index is 2.24. The quantitative estimate of drug-likeness (QED) is 0.812. The minimum absolute atomic E-state index is 0.0378. The highest BCUT2D eigenvalue weighted by atomic mass is 19.2. The summed E-state index contributed by atoms with van der Waals surface area (Å²) in [7, 11) is 0. The van der Waals surface area contributed by atoms with Gasteiger partial charge in [-0.15, -0.1) is 0 Å². The highest BCUT2D eigenvalue weighted by Crippen LogP contribution is 2.30. The van der Waals surface area contributed by atoms with Gasteiger partial charge in [-0.1, -0.05) is 6.07 Å². The molecule has 1 saturated heterocycles. The van der Waals surface area contributed by atoms with Gasteiger partial charge in [-0.25, -0.2) is 13.2 Å². The second-order valence-corrected chi connectivity index (χ2v) is 4.24. The molecule has 2 rings (SSSR count). The van der Waals surface area contributed by atoms with Crippen LogP contribution in [-0.4, -0.2) is 13.2 Å². The maximum atomic E-state index is 13.5. The summed E-state index contributed by atoms with van der Waals surface area (Å²) in [6.45, 7) is 1.15. The molecule has 1 heterocycles. The van der Waals surface area contributed by atoms with Gasteiger partial charge in [0.05, 0.1) is 0 Å². The van der Waals surface area contributed by atoms with Crippen LogP contribution in [0.5, 0.6) is 0 Å². The molecular formula is C12H14F3NO. The molecule has 0 spiro atoms. The first-order chi connectivity index (χ1) is 8.11. The van der Waals surface area contributed by atoms with Crippen molar-refractivity contribution in [3.05, 3.63) is 35.1 Å². The summed E-state index contributed by atoms with van der Waals surface area (Å²) < 4.78 is 44.6. The van der Waals surface area contributed by atoms with Crippen LogP contribution in [0.2, 0.25) is 0 Å². The largest absolute Gasteiger partial charge is 0.381 e. The van der Waals surface area contributed by atoms with Crippen molar-refractivity contribution >= 4 is 0 Å². The van der Waals surface area contributed by atoms with E-state index >= 15 is 0 Å². The van der Waals surface area contributed by atoms with E-state index in [1.54, 1.807) is 0 Å². The van der Waals surface area contributed by atoms with Crippen molar-refractivity contribution in [3.8, 4) is 0 Å². The molecule has 2 N–H and O–H groups in total. The van der Waals surface area contributed by atoms with Crippen molar-refractivity contribution < 1.29 is 17.9 Å². The third-order valence-electron chi connectivity index (χ3n) is 3.20. The Morgan fingerprint density at radius 1 is 1.12 bits per heavy atom. The number of hydrogen-bond donors (Lipinski definition) is 1. The number of halogens is 3. The molecule has 1 atom stereocenters. The molecule has 1 fully saturated rings. The van der Waals surface area contributed by atoms with E-state index in [9.17, 15) is 13.2 Å². The lowest BCUT2D eigenvalue weighted by Gasteiger charge is -2.28. The molecule has 0 unspecified atom stereocenters. The molecular weight excluding hydrogens is 231 g/mol. The number of benzene rings is 1. The highest BCUT2D eigenvalue weighted by Gasteiger charge is 2.26. The van der Waals surface area contributed by atoms with E-state index < -0.39 is 23.5 Å².